The van der Waals surface area contributed by atoms with Crippen molar-refractivity contribution in [2.24, 2.45) is 5.73 Å². The van der Waals surface area contributed by atoms with E-state index in [0.29, 0.717) is 5.56 Å². The predicted molar refractivity (Wildman–Crippen MR) is 52.8 cm³/mol. The summed E-state index contributed by atoms with van der Waals surface area (Å²) in [7, 11) is 1.49. The number of methoxy groups -OCH3 is 1. The second-order valence-electron chi connectivity index (χ2n) is 2.86. The molecule has 0 bridgehead atoms. The molecule has 0 aliphatic rings. The summed E-state index contributed by atoms with van der Waals surface area (Å²) >= 11 is 0. The molecule has 0 fully saturated rings. The fourth-order valence-corrected chi connectivity index (χ4v) is 1.08. The molecule has 1 heterocycles. The summed E-state index contributed by atoms with van der Waals surface area (Å²) in [6, 6.07) is 2.55. The summed E-state index contributed by atoms with van der Waals surface area (Å²) in [5.41, 5.74) is 11.4. The van der Waals surface area contributed by atoms with Crippen LogP contribution >= 0.6 is 0 Å². The number of ketones is 1. The molecule has 5 heteroatoms. The summed E-state index contributed by atoms with van der Waals surface area (Å²) in [5, 5.41) is 0. The first-order chi connectivity index (χ1) is 6.66. The third-order valence-electron chi connectivity index (χ3n) is 1.79. The summed E-state index contributed by atoms with van der Waals surface area (Å²) in [6.07, 6.45) is 1.52. The largest absolute Gasteiger partial charge is 0.383 e. The lowest BCUT2D eigenvalue weighted by molar-refractivity contribution is 0.0893. The van der Waals surface area contributed by atoms with E-state index in [-0.39, 0.29) is 18.2 Å². The Kier molecular flexibility index (Phi) is 3.55. The fourth-order valence-electron chi connectivity index (χ4n) is 1.08. The second kappa shape index (κ2) is 4.69. The first kappa shape index (κ1) is 10.6. The number of nitrogen functional groups attached to an aromatic ring is 1. The number of anilines is 1. The van der Waals surface area contributed by atoms with E-state index in [0.717, 1.165) is 0 Å². The summed E-state index contributed by atoms with van der Waals surface area (Å²) < 4.78 is 4.78. The summed E-state index contributed by atoms with van der Waals surface area (Å²) in [4.78, 5) is 15.4. The van der Waals surface area contributed by atoms with Gasteiger partial charge in [-0.15, -0.1) is 0 Å². The van der Waals surface area contributed by atoms with Crippen LogP contribution in [0.4, 0.5) is 5.82 Å². The molecule has 0 aliphatic heterocycles. The van der Waals surface area contributed by atoms with Crippen molar-refractivity contribution in [3.8, 4) is 0 Å². The molecular formula is C9H13N3O2. The zero-order valence-electron chi connectivity index (χ0n) is 7.93. The van der Waals surface area contributed by atoms with Crippen LogP contribution in [0.1, 0.15) is 10.4 Å². The van der Waals surface area contributed by atoms with Crippen molar-refractivity contribution in [1.29, 1.82) is 0 Å². The van der Waals surface area contributed by atoms with Crippen LogP contribution in [0.2, 0.25) is 0 Å². The Bertz CT molecular complexity index is 328. The maximum Gasteiger partial charge on any atom is 0.185 e. The van der Waals surface area contributed by atoms with Crippen LogP contribution < -0.4 is 11.5 Å². The highest BCUT2D eigenvalue weighted by atomic mass is 16.5. The number of aromatic nitrogens is 1. The summed E-state index contributed by atoms with van der Waals surface area (Å²) in [6.45, 7) is 0.174. The standard InChI is InChI=1S/C9H13N3O2/c1-14-5-7(10)8(13)6-3-2-4-12-9(6)11/h2-4,7H,5,10H2,1H3,(H2,11,12). The number of nitrogens with two attached hydrogens (primary N) is 2. The number of carbonyl (C=O) groups is 1. The summed E-state index contributed by atoms with van der Waals surface area (Å²) in [5.74, 6) is -0.0542. The molecule has 0 radical (unpaired) electrons. The first-order valence-electron chi connectivity index (χ1n) is 4.16. The highest BCUT2D eigenvalue weighted by Gasteiger charge is 2.17. The zero-order chi connectivity index (χ0) is 10.6. The number of pyridine rings is 1. The van der Waals surface area contributed by atoms with Gasteiger partial charge in [-0.3, -0.25) is 4.79 Å². The van der Waals surface area contributed by atoms with E-state index < -0.39 is 6.04 Å². The zero-order valence-corrected chi connectivity index (χ0v) is 7.93. The lowest BCUT2D eigenvalue weighted by atomic mass is 10.1. The maximum atomic E-state index is 11.6. The number of carbonyl (C=O) groups excluding carboxylic acids is 1. The maximum absolute atomic E-state index is 11.6. The lowest BCUT2D eigenvalue weighted by Gasteiger charge is -2.09. The molecule has 0 saturated heterocycles. The SMILES string of the molecule is COCC(N)C(=O)c1cccnc1N. The Morgan fingerprint density at radius 3 is 3.00 bits per heavy atom. The average molecular weight is 195 g/mol. The molecule has 4 N–H and O–H groups in total. The molecular weight excluding hydrogens is 182 g/mol. The van der Waals surface area contributed by atoms with Crippen molar-refractivity contribution in [2.45, 2.75) is 6.04 Å². The Balaban J connectivity index is 2.84. The van der Waals surface area contributed by atoms with Crippen LogP contribution in [-0.2, 0) is 4.74 Å². The molecule has 0 amide bonds. The molecule has 1 atom stereocenters. The quantitative estimate of drug-likeness (QED) is 0.650. The number of rotatable bonds is 4. The third kappa shape index (κ3) is 2.27. The molecule has 0 saturated carbocycles. The molecule has 1 aromatic rings. The number of hydrogen-bond donors (Lipinski definition) is 2. The average Bonchev–Trinajstić information content (AvgIpc) is 2.18. The smallest absolute Gasteiger partial charge is 0.185 e. The highest BCUT2D eigenvalue weighted by Crippen LogP contribution is 2.09. The number of ether oxygens (including phenoxy) is 1. The van der Waals surface area contributed by atoms with Crippen molar-refractivity contribution < 1.29 is 9.53 Å². The van der Waals surface area contributed by atoms with E-state index in [1.54, 1.807) is 12.1 Å². The normalized spacial score (nSPS) is 12.4. The fraction of sp³-hybridized carbons (Fsp3) is 0.333. The van der Waals surface area contributed by atoms with E-state index in [1.165, 1.54) is 13.3 Å². The lowest BCUT2D eigenvalue weighted by Crippen LogP contribution is -2.35. The minimum Gasteiger partial charge on any atom is -0.383 e. The second-order valence-corrected chi connectivity index (χ2v) is 2.86. The van der Waals surface area contributed by atoms with Crippen LogP contribution in [-0.4, -0.2) is 30.5 Å². The Labute approximate surface area is 82.1 Å². The van der Waals surface area contributed by atoms with Crippen molar-refractivity contribution in [1.82, 2.24) is 4.98 Å². The van der Waals surface area contributed by atoms with Gasteiger partial charge in [-0.25, -0.2) is 4.98 Å². The van der Waals surface area contributed by atoms with Gasteiger partial charge in [0.2, 0.25) is 0 Å². The number of Topliss-reactive ketones (excluding diaryl/α,β-unsaturated/α-hetero) is 1. The molecule has 1 aromatic heterocycles. The van der Waals surface area contributed by atoms with E-state index in [2.05, 4.69) is 4.98 Å². The number of hydrogen-bond acceptors (Lipinski definition) is 5. The molecule has 0 spiro atoms. The van der Waals surface area contributed by atoms with Crippen LogP contribution in [0.5, 0.6) is 0 Å². The van der Waals surface area contributed by atoms with Crippen LogP contribution in [0, 0.1) is 0 Å². The van der Waals surface area contributed by atoms with Gasteiger partial charge in [0, 0.05) is 13.3 Å². The van der Waals surface area contributed by atoms with E-state index in [4.69, 9.17) is 16.2 Å². The van der Waals surface area contributed by atoms with Gasteiger partial charge < -0.3 is 16.2 Å². The molecule has 5 nitrogen and oxygen atoms in total. The van der Waals surface area contributed by atoms with Gasteiger partial charge in [0.15, 0.2) is 5.78 Å². The van der Waals surface area contributed by atoms with Gasteiger partial charge in [-0.1, -0.05) is 0 Å². The molecule has 0 aromatic carbocycles. The predicted octanol–water partition coefficient (Wildman–Crippen LogP) is -0.180. The van der Waals surface area contributed by atoms with Gasteiger partial charge in [0.1, 0.15) is 5.82 Å². The van der Waals surface area contributed by atoms with Crippen LogP contribution in [0.25, 0.3) is 0 Å². The Hall–Kier alpha value is -1.46. The molecule has 0 aliphatic carbocycles. The number of nitrogens with zero attached hydrogens (tertiary/aromatic N) is 1. The van der Waals surface area contributed by atoms with Crippen LogP contribution in [0.15, 0.2) is 18.3 Å². The minimum absolute atomic E-state index is 0.174. The van der Waals surface area contributed by atoms with E-state index in [1.807, 2.05) is 0 Å². The molecule has 1 rings (SSSR count). The first-order valence-corrected chi connectivity index (χ1v) is 4.16. The molecule has 76 valence electrons. The molecule has 1 unspecified atom stereocenters. The van der Waals surface area contributed by atoms with Gasteiger partial charge in [0.05, 0.1) is 18.2 Å². The van der Waals surface area contributed by atoms with Gasteiger partial charge in [-0.05, 0) is 12.1 Å². The Morgan fingerprint density at radius 1 is 1.71 bits per heavy atom. The van der Waals surface area contributed by atoms with Gasteiger partial charge in [-0.2, -0.15) is 0 Å². The van der Waals surface area contributed by atoms with Crippen molar-refractivity contribution >= 4 is 11.6 Å². The van der Waals surface area contributed by atoms with Crippen molar-refractivity contribution in [3.05, 3.63) is 23.9 Å². The van der Waals surface area contributed by atoms with E-state index >= 15 is 0 Å². The Morgan fingerprint density at radius 2 is 2.43 bits per heavy atom. The highest BCUT2D eigenvalue weighted by molar-refractivity contribution is 6.03. The van der Waals surface area contributed by atoms with Gasteiger partial charge >= 0.3 is 0 Å². The van der Waals surface area contributed by atoms with Crippen LogP contribution in [0.3, 0.4) is 0 Å². The van der Waals surface area contributed by atoms with Crippen molar-refractivity contribution in [2.75, 3.05) is 19.5 Å². The van der Waals surface area contributed by atoms with Crippen molar-refractivity contribution in [3.63, 3.8) is 0 Å². The topological polar surface area (TPSA) is 91.2 Å². The van der Waals surface area contributed by atoms with E-state index in [9.17, 15) is 4.79 Å². The molecule has 14 heavy (non-hydrogen) atoms. The monoisotopic (exact) mass is 195 g/mol. The van der Waals surface area contributed by atoms with Gasteiger partial charge in [0.25, 0.3) is 0 Å². The third-order valence-corrected chi connectivity index (χ3v) is 1.79. The minimum atomic E-state index is -0.688.